The van der Waals surface area contributed by atoms with E-state index in [1.54, 1.807) is 7.11 Å². The minimum absolute atomic E-state index is 0.947. The predicted octanol–water partition coefficient (Wildman–Crippen LogP) is 2.62. The Hall–Kier alpha value is -0.980. The molecule has 0 aliphatic rings. The van der Waals surface area contributed by atoms with E-state index in [4.69, 9.17) is 4.74 Å². The zero-order valence-corrected chi connectivity index (χ0v) is 7.98. The summed E-state index contributed by atoms with van der Waals surface area (Å²) in [6.45, 7) is 4.26. The molecule has 65 valence electrons. The van der Waals surface area contributed by atoms with Gasteiger partial charge in [0.1, 0.15) is 5.75 Å². The summed E-state index contributed by atoms with van der Waals surface area (Å²) in [6.07, 6.45) is 2.04. The minimum atomic E-state index is 0.947. The highest BCUT2D eigenvalue weighted by molar-refractivity contribution is 5.33. The molecule has 0 aliphatic carbocycles. The molecule has 0 aliphatic heterocycles. The van der Waals surface area contributed by atoms with Crippen molar-refractivity contribution in [2.45, 2.75) is 26.7 Å². The first-order valence-electron chi connectivity index (χ1n) is 4.39. The molecule has 0 fully saturated rings. The van der Waals surface area contributed by atoms with E-state index in [1.807, 2.05) is 12.1 Å². The summed E-state index contributed by atoms with van der Waals surface area (Å²) in [7, 11) is 1.70. The van der Waals surface area contributed by atoms with Crippen LogP contribution in [0.2, 0.25) is 0 Å². The molecule has 0 saturated heterocycles. The molecule has 0 aromatic heterocycles. The van der Waals surface area contributed by atoms with E-state index < -0.39 is 0 Å². The maximum Gasteiger partial charge on any atom is 0.119 e. The first kappa shape index (κ1) is 9.11. The van der Waals surface area contributed by atoms with Gasteiger partial charge in [-0.05, 0) is 42.2 Å². The molecule has 1 radical (unpaired) electrons. The summed E-state index contributed by atoms with van der Waals surface area (Å²) < 4.78 is 5.18. The van der Waals surface area contributed by atoms with Crippen LogP contribution in [0.25, 0.3) is 0 Å². The molecule has 1 nitrogen and oxygen atoms in total. The van der Waals surface area contributed by atoms with Crippen LogP contribution < -0.4 is 4.74 Å². The van der Waals surface area contributed by atoms with Gasteiger partial charge in [0.15, 0.2) is 0 Å². The highest BCUT2D eigenvalue weighted by atomic mass is 16.5. The average molecular weight is 163 g/mol. The number of hydrogen-bond donors (Lipinski definition) is 0. The van der Waals surface area contributed by atoms with Crippen molar-refractivity contribution in [2.75, 3.05) is 7.11 Å². The first-order valence-corrected chi connectivity index (χ1v) is 4.39. The number of methoxy groups -OCH3 is 1. The minimum Gasteiger partial charge on any atom is -0.497 e. The van der Waals surface area contributed by atoms with Crippen LogP contribution in [0.15, 0.2) is 12.1 Å². The number of ether oxygens (including phenoxy) is 1. The Balaban J connectivity index is 3.01. The van der Waals surface area contributed by atoms with Crippen LogP contribution in [-0.2, 0) is 12.8 Å². The molecule has 0 spiro atoms. The SMILES string of the molecule is CCc1[c]c(CC)cc(OC)c1. The highest BCUT2D eigenvalue weighted by Crippen LogP contribution is 2.16. The number of hydrogen-bond acceptors (Lipinski definition) is 1. The van der Waals surface area contributed by atoms with Crippen molar-refractivity contribution in [3.05, 3.63) is 29.3 Å². The fraction of sp³-hybridized carbons (Fsp3) is 0.455. The van der Waals surface area contributed by atoms with Crippen molar-refractivity contribution >= 4 is 0 Å². The quantitative estimate of drug-likeness (QED) is 0.665. The number of rotatable bonds is 3. The maximum absolute atomic E-state index is 5.18. The second-order valence-electron chi connectivity index (χ2n) is 2.78. The summed E-state index contributed by atoms with van der Waals surface area (Å²) in [5, 5.41) is 0. The number of benzene rings is 1. The zero-order chi connectivity index (χ0) is 8.97. The molecule has 0 heterocycles. The highest BCUT2D eigenvalue weighted by Gasteiger charge is 1.98. The number of aryl methyl sites for hydroxylation is 2. The van der Waals surface area contributed by atoms with E-state index >= 15 is 0 Å². The van der Waals surface area contributed by atoms with Gasteiger partial charge in [-0.3, -0.25) is 0 Å². The summed E-state index contributed by atoms with van der Waals surface area (Å²) in [5.74, 6) is 0.947. The van der Waals surface area contributed by atoms with Gasteiger partial charge in [-0.2, -0.15) is 0 Å². The van der Waals surface area contributed by atoms with Crippen molar-refractivity contribution in [1.29, 1.82) is 0 Å². The monoisotopic (exact) mass is 163 g/mol. The lowest BCUT2D eigenvalue weighted by atomic mass is 10.1. The molecule has 1 rings (SSSR count). The van der Waals surface area contributed by atoms with Gasteiger partial charge in [0.2, 0.25) is 0 Å². The summed E-state index contributed by atoms with van der Waals surface area (Å²) in [4.78, 5) is 0. The second kappa shape index (κ2) is 4.15. The van der Waals surface area contributed by atoms with Gasteiger partial charge in [-0.15, -0.1) is 0 Å². The van der Waals surface area contributed by atoms with Crippen LogP contribution >= 0.6 is 0 Å². The first-order chi connectivity index (χ1) is 5.80. The predicted molar refractivity (Wildman–Crippen MR) is 50.6 cm³/mol. The Morgan fingerprint density at radius 3 is 2.00 bits per heavy atom. The Kier molecular flexibility index (Phi) is 3.15. The van der Waals surface area contributed by atoms with Gasteiger partial charge in [0.25, 0.3) is 0 Å². The zero-order valence-electron chi connectivity index (χ0n) is 7.98. The van der Waals surface area contributed by atoms with Crippen LogP contribution in [0.4, 0.5) is 0 Å². The molecule has 1 aromatic rings. The lowest BCUT2D eigenvalue weighted by molar-refractivity contribution is 0.413. The smallest absolute Gasteiger partial charge is 0.119 e. The van der Waals surface area contributed by atoms with Crippen LogP contribution in [0.1, 0.15) is 25.0 Å². The van der Waals surface area contributed by atoms with Crippen LogP contribution in [-0.4, -0.2) is 7.11 Å². The molecular weight excluding hydrogens is 148 g/mol. The van der Waals surface area contributed by atoms with Crippen molar-refractivity contribution in [3.8, 4) is 5.75 Å². The fourth-order valence-corrected chi connectivity index (χ4v) is 1.16. The Morgan fingerprint density at radius 1 is 1.17 bits per heavy atom. The average Bonchev–Trinajstić information content (AvgIpc) is 2.16. The van der Waals surface area contributed by atoms with Crippen LogP contribution in [0, 0.1) is 6.07 Å². The molecule has 0 unspecified atom stereocenters. The molecule has 1 heteroatoms. The van der Waals surface area contributed by atoms with Crippen LogP contribution in [0.5, 0.6) is 5.75 Å². The third kappa shape index (κ3) is 2.00. The van der Waals surface area contributed by atoms with Crippen molar-refractivity contribution in [1.82, 2.24) is 0 Å². The summed E-state index contributed by atoms with van der Waals surface area (Å²) >= 11 is 0. The van der Waals surface area contributed by atoms with E-state index in [1.165, 1.54) is 11.1 Å². The molecule has 0 amide bonds. The standard InChI is InChI=1S/C11H15O/c1-4-9-6-10(5-2)8-11(7-9)12-3/h7-8H,4-5H2,1-3H3. The third-order valence-electron chi connectivity index (χ3n) is 1.95. The van der Waals surface area contributed by atoms with Gasteiger partial charge in [-0.25, -0.2) is 0 Å². The normalized spacial score (nSPS) is 9.92. The molecule has 0 saturated carbocycles. The molecule has 0 atom stereocenters. The Morgan fingerprint density at radius 2 is 1.67 bits per heavy atom. The topological polar surface area (TPSA) is 9.23 Å². The van der Waals surface area contributed by atoms with Gasteiger partial charge in [0, 0.05) is 0 Å². The fourth-order valence-electron chi connectivity index (χ4n) is 1.16. The molecule has 12 heavy (non-hydrogen) atoms. The maximum atomic E-state index is 5.18. The van der Waals surface area contributed by atoms with E-state index in [-0.39, 0.29) is 0 Å². The molecule has 1 aromatic carbocycles. The lowest BCUT2D eigenvalue weighted by Crippen LogP contribution is -1.90. The van der Waals surface area contributed by atoms with E-state index in [0.717, 1.165) is 18.6 Å². The Labute approximate surface area is 74.4 Å². The summed E-state index contributed by atoms with van der Waals surface area (Å²) in [6, 6.07) is 7.42. The van der Waals surface area contributed by atoms with Crippen molar-refractivity contribution in [2.24, 2.45) is 0 Å². The van der Waals surface area contributed by atoms with Gasteiger partial charge >= 0.3 is 0 Å². The molecule has 0 N–H and O–H groups in total. The second-order valence-corrected chi connectivity index (χ2v) is 2.78. The molecular formula is C11H15O. The third-order valence-corrected chi connectivity index (χ3v) is 1.95. The van der Waals surface area contributed by atoms with E-state index in [2.05, 4.69) is 19.9 Å². The van der Waals surface area contributed by atoms with Crippen molar-refractivity contribution in [3.63, 3.8) is 0 Å². The van der Waals surface area contributed by atoms with E-state index in [9.17, 15) is 0 Å². The molecule has 0 bridgehead atoms. The van der Waals surface area contributed by atoms with E-state index in [0.29, 0.717) is 0 Å². The van der Waals surface area contributed by atoms with Gasteiger partial charge in [-0.1, -0.05) is 13.8 Å². The Bertz CT molecular complexity index is 198. The summed E-state index contributed by atoms with van der Waals surface area (Å²) in [5.41, 5.74) is 2.46. The van der Waals surface area contributed by atoms with Gasteiger partial charge < -0.3 is 4.74 Å². The van der Waals surface area contributed by atoms with Crippen LogP contribution in [0.3, 0.4) is 0 Å². The van der Waals surface area contributed by atoms with Crippen molar-refractivity contribution < 1.29 is 4.74 Å². The largest absolute Gasteiger partial charge is 0.497 e. The van der Waals surface area contributed by atoms with Gasteiger partial charge in [0.05, 0.1) is 7.11 Å². The lowest BCUT2D eigenvalue weighted by Gasteiger charge is -2.05.